The summed E-state index contributed by atoms with van der Waals surface area (Å²) in [6.07, 6.45) is 7.87. The summed E-state index contributed by atoms with van der Waals surface area (Å²) in [5, 5.41) is 5.82. The summed E-state index contributed by atoms with van der Waals surface area (Å²) in [5.74, 6) is 1.12. The van der Waals surface area contributed by atoms with Crippen molar-refractivity contribution in [1.82, 2.24) is 15.1 Å². The number of thiophene rings is 1. The van der Waals surface area contributed by atoms with Crippen LogP contribution in [0.2, 0.25) is 0 Å². The molecule has 4 rings (SSSR count). The number of halogens is 1. The van der Waals surface area contributed by atoms with Gasteiger partial charge < -0.3 is 15.0 Å². The van der Waals surface area contributed by atoms with Crippen molar-refractivity contribution in [3.63, 3.8) is 0 Å². The van der Waals surface area contributed by atoms with Crippen LogP contribution in [0.15, 0.2) is 22.5 Å². The minimum absolute atomic E-state index is 0. The van der Waals surface area contributed by atoms with Crippen molar-refractivity contribution in [2.75, 3.05) is 52.5 Å². The SMILES string of the molecule is CCNC(=NCC1(c2cccs2)CCCCC1)N1CCC(N2CCOCC2)C1.I. The molecule has 0 bridgehead atoms. The first-order valence-corrected chi connectivity index (χ1v) is 12.1. The molecule has 5 nitrogen and oxygen atoms in total. The molecule has 1 aromatic rings. The van der Waals surface area contributed by atoms with Crippen LogP contribution in [0.5, 0.6) is 0 Å². The Morgan fingerprint density at radius 1 is 1.24 bits per heavy atom. The standard InChI is InChI=1S/C22H36N4OS.HI/c1-2-23-21(26-11-8-19(17-26)25-12-14-27-15-13-25)24-18-22(9-4-3-5-10-22)20-7-6-16-28-20;/h6-7,16,19H,2-5,8-15,17-18H2,1H3,(H,23,24);1H. The van der Waals surface area contributed by atoms with Gasteiger partial charge in [-0.3, -0.25) is 9.89 Å². The number of hydrogen-bond acceptors (Lipinski definition) is 4. The molecule has 1 aliphatic carbocycles. The number of nitrogens with one attached hydrogen (secondary N) is 1. The van der Waals surface area contributed by atoms with E-state index < -0.39 is 0 Å². The van der Waals surface area contributed by atoms with Gasteiger partial charge in [-0.1, -0.05) is 25.3 Å². The zero-order valence-electron chi connectivity index (χ0n) is 17.8. The van der Waals surface area contributed by atoms with Crippen molar-refractivity contribution in [1.29, 1.82) is 0 Å². The summed E-state index contributed by atoms with van der Waals surface area (Å²) in [4.78, 5) is 11.9. The second-order valence-corrected chi connectivity index (χ2v) is 9.47. The van der Waals surface area contributed by atoms with Gasteiger partial charge in [0.25, 0.3) is 0 Å². The van der Waals surface area contributed by atoms with Gasteiger partial charge in [0.15, 0.2) is 5.96 Å². The molecule has 0 aromatic carbocycles. The number of hydrogen-bond donors (Lipinski definition) is 1. The summed E-state index contributed by atoms with van der Waals surface area (Å²) >= 11 is 1.92. The van der Waals surface area contributed by atoms with E-state index in [1.807, 2.05) is 11.3 Å². The molecular weight excluding hydrogens is 495 g/mol. The van der Waals surface area contributed by atoms with Gasteiger partial charge >= 0.3 is 0 Å². The number of morpholine rings is 1. The Morgan fingerprint density at radius 3 is 2.72 bits per heavy atom. The smallest absolute Gasteiger partial charge is 0.193 e. The van der Waals surface area contributed by atoms with Crippen molar-refractivity contribution >= 4 is 41.3 Å². The number of rotatable bonds is 5. The van der Waals surface area contributed by atoms with Gasteiger partial charge in [0.05, 0.1) is 19.8 Å². The molecule has 0 amide bonds. The third kappa shape index (κ3) is 5.66. The number of aliphatic imine (C=N–C) groups is 1. The fourth-order valence-electron chi connectivity index (χ4n) is 5.12. The van der Waals surface area contributed by atoms with E-state index in [2.05, 4.69) is 39.6 Å². The maximum absolute atomic E-state index is 5.53. The van der Waals surface area contributed by atoms with Gasteiger partial charge in [-0.15, -0.1) is 35.3 Å². The van der Waals surface area contributed by atoms with Crippen molar-refractivity contribution < 1.29 is 4.74 Å². The van der Waals surface area contributed by atoms with Crippen LogP contribution < -0.4 is 5.32 Å². The molecule has 1 saturated carbocycles. The normalized spacial score (nSPS) is 25.6. The van der Waals surface area contributed by atoms with E-state index in [1.54, 1.807) is 4.88 Å². The summed E-state index contributed by atoms with van der Waals surface area (Å²) in [5.41, 5.74) is 0.260. The van der Waals surface area contributed by atoms with E-state index in [4.69, 9.17) is 9.73 Å². The molecule has 0 radical (unpaired) electrons. The van der Waals surface area contributed by atoms with Gasteiger partial charge in [-0.2, -0.15) is 0 Å². The molecule has 0 spiro atoms. The lowest BCUT2D eigenvalue weighted by molar-refractivity contribution is 0.0195. The van der Waals surface area contributed by atoms with E-state index in [-0.39, 0.29) is 29.4 Å². The minimum atomic E-state index is 0. The van der Waals surface area contributed by atoms with Gasteiger partial charge in [0, 0.05) is 49.1 Å². The largest absolute Gasteiger partial charge is 0.379 e. The van der Waals surface area contributed by atoms with E-state index in [9.17, 15) is 0 Å². The number of likely N-dealkylation sites (tertiary alicyclic amines) is 1. The predicted molar refractivity (Wildman–Crippen MR) is 133 cm³/mol. The molecule has 1 unspecified atom stereocenters. The van der Waals surface area contributed by atoms with Crippen LogP contribution in [0.3, 0.4) is 0 Å². The monoisotopic (exact) mass is 532 g/mol. The van der Waals surface area contributed by atoms with Crippen LogP contribution in [0.25, 0.3) is 0 Å². The molecule has 3 heterocycles. The fraction of sp³-hybridized carbons (Fsp3) is 0.773. The van der Waals surface area contributed by atoms with Gasteiger partial charge in [0.1, 0.15) is 0 Å². The zero-order chi connectivity index (χ0) is 19.2. The molecule has 7 heteroatoms. The van der Waals surface area contributed by atoms with Crippen LogP contribution >= 0.6 is 35.3 Å². The number of guanidine groups is 1. The Hall–Kier alpha value is -0.380. The lowest BCUT2D eigenvalue weighted by Gasteiger charge is -2.36. The Kier molecular flexibility index (Phi) is 9.07. The van der Waals surface area contributed by atoms with Crippen molar-refractivity contribution in [2.24, 2.45) is 4.99 Å². The highest BCUT2D eigenvalue weighted by Gasteiger charge is 2.36. The van der Waals surface area contributed by atoms with Crippen molar-refractivity contribution in [3.8, 4) is 0 Å². The molecule has 1 aromatic heterocycles. The number of nitrogens with zero attached hydrogens (tertiary/aromatic N) is 3. The highest BCUT2D eigenvalue weighted by molar-refractivity contribution is 14.0. The minimum Gasteiger partial charge on any atom is -0.379 e. The second-order valence-electron chi connectivity index (χ2n) is 8.53. The van der Waals surface area contributed by atoms with Crippen LogP contribution in [0.1, 0.15) is 50.3 Å². The van der Waals surface area contributed by atoms with Crippen LogP contribution in [0, 0.1) is 0 Å². The topological polar surface area (TPSA) is 40.1 Å². The lowest BCUT2D eigenvalue weighted by atomic mass is 9.73. The van der Waals surface area contributed by atoms with E-state index >= 15 is 0 Å². The average molecular weight is 533 g/mol. The maximum atomic E-state index is 5.53. The van der Waals surface area contributed by atoms with Gasteiger partial charge in [0.2, 0.25) is 0 Å². The van der Waals surface area contributed by atoms with Crippen molar-refractivity contribution in [2.45, 2.75) is 56.9 Å². The second kappa shape index (κ2) is 11.3. The van der Waals surface area contributed by atoms with Crippen LogP contribution in [-0.2, 0) is 10.2 Å². The summed E-state index contributed by atoms with van der Waals surface area (Å²) in [6.45, 7) is 10.2. The van der Waals surface area contributed by atoms with E-state index in [1.165, 1.54) is 38.5 Å². The predicted octanol–water partition coefficient (Wildman–Crippen LogP) is 3.94. The Balaban J connectivity index is 0.00000240. The molecule has 2 aliphatic heterocycles. The molecule has 1 N–H and O–H groups in total. The Bertz CT molecular complexity index is 627. The maximum Gasteiger partial charge on any atom is 0.193 e. The van der Waals surface area contributed by atoms with Crippen molar-refractivity contribution in [3.05, 3.63) is 22.4 Å². The van der Waals surface area contributed by atoms with Crippen LogP contribution in [0.4, 0.5) is 0 Å². The summed E-state index contributed by atoms with van der Waals surface area (Å²) < 4.78 is 5.53. The zero-order valence-corrected chi connectivity index (χ0v) is 20.9. The van der Waals surface area contributed by atoms with Gasteiger partial charge in [-0.25, -0.2) is 0 Å². The molecule has 2 saturated heterocycles. The lowest BCUT2D eigenvalue weighted by Crippen LogP contribution is -2.47. The molecule has 3 aliphatic rings. The number of ether oxygens (including phenoxy) is 1. The molecular formula is C22H37IN4OS. The van der Waals surface area contributed by atoms with E-state index in [0.717, 1.165) is 58.4 Å². The van der Waals surface area contributed by atoms with E-state index in [0.29, 0.717) is 6.04 Å². The summed E-state index contributed by atoms with van der Waals surface area (Å²) in [7, 11) is 0. The first-order valence-electron chi connectivity index (χ1n) is 11.2. The van der Waals surface area contributed by atoms with Crippen LogP contribution in [-0.4, -0.2) is 74.3 Å². The first kappa shape index (κ1) is 23.3. The third-order valence-electron chi connectivity index (χ3n) is 6.75. The Morgan fingerprint density at radius 2 is 2.03 bits per heavy atom. The fourth-order valence-corrected chi connectivity index (χ4v) is 6.10. The third-order valence-corrected chi connectivity index (χ3v) is 7.86. The first-order chi connectivity index (χ1) is 13.8. The summed E-state index contributed by atoms with van der Waals surface area (Å²) in [6, 6.07) is 5.19. The highest BCUT2D eigenvalue weighted by Crippen LogP contribution is 2.41. The average Bonchev–Trinajstić information content (AvgIpc) is 3.45. The van der Waals surface area contributed by atoms with Gasteiger partial charge in [-0.05, 0) is 37.6 Å². The molecule has 3 fully saturated rings. The quantitative estimate of drug-likeness (QED) is 0.355. The molecule has 164 valence electrons. The molecule has 1 atom stereocenters. The molecule has 29 heavy (non-hydrogen) atoms. The Labute approximate surface area is 197 Å². The highest BCUT2D eigenvalue weighted by atomic mass is 127.